The van der Waals surface area contributed by atoms with Crippen LogP contribution in [0, 0.1) is 0 Å². The number of amides is 1. The Morgan fingerprint density at radius 1 is 1.17 bits per heavy atom. The Kier molecular flexibility index (Phi) is 9.85. The number of likely N-dealkylation sites (N-methyl/N-ethyl adjacent to an activating group) is 1. The molecule has 5 nitrogen and oxygen atoms in total. The van der Waals surface area contributed by atoms with Crippen molar-refractivity contribution < 1.29 is 4.79 Å². The number of carbonyl (C=O) groups excluding carboxylic acids is 1. The van der Waals surface area contributed by atoms with Gasteiger partial charge in [-0.2, -0.15) is 0 Å². The van der Waals surface area contributed by atoms with Crippen molar-refractivity contribution in [3.8, 4) is 0 Å². The summed E-state index contributed by atoms with van der Waals surface area (Å²) in [4.78, 5) is 17.3. The van der Waals surface area contributed by atoms with Crippen molar-refractivity contribution in [2.45, 2.75) is 25.4 Å². The normalized spacial score (nSPS) is 17.3. The molecule has 24 heavy (non-hydrogen) atoms. The molecule has 1 aliphatic heterocycles. The Bertz CT molecular complexity index is 485. The number of hydrogen-bond acceptors (Lipinski definition) is 4. The van der Waals surface area contributed by atoms with Gasteiger partial charge in [0.25, 0.3) is 0 Å². The van der Waals surface area contributed by atoms with E-state index in [2.05, 4.69) is 22.2 Å². The molecule has 3 N–H and O–H groups in total. The van der Waals surface area contributed by atoms with E-state index in [1.807, 2.05) is 44.2 Å². The standard InChI is InChI=1S/C17H28N4O.2ClH/c1-17(2,18)13-19-16(22)15(14-7-5-4-6-8-14)21-11-9-20(3)10-12-21;;/h4-8,15H,9-13,18H2,1-3H3,(H,19,22);2*1H. The van der Waals surface area contributed by atoms with Crippen molar-refractivity contribution in [3.05, 3.63) is 35.9 Å². The fourth-order valence-corrected chi connectivity index (χ4v) is 2.66. The first kappa shape index (κ1) is 23.1. The number of nitrogens with two attached hydrogens (primary N) is 1. The average Bonchev–Trinajstić information content (AvgIpc) is 2.48. The van der Waals surface area contributed by atoms with Crippen LogP contribution in [0.25, 0.3) is 0 Å². The lowest BCUT2D eigenvalue weighted by Gasteiger charge is -2.37. The van der Waals surface area contributed by atoms with Gasteiger partial charge in [0.05, 0.1) is 0 Å². The Morgan fingerprint density at radius 2 is 1.71 bits per heavy atom. The first-order valence-corrected chi connectivity index (χ1v) is 7.91. The third-order valence-electron chi connectivity index (χ3n) is 3.98. The van der Waals surface area contributed by atoms with Crippen molar-refractivity contribution in [1.29, 1.82) is 0 Å². The molecule has 138 valence electrons. The van der Waals surface area contributed by atoms with Crippen molar-refractivity contribution in [3.63, 3.8) is 0 Å². The van der Waals surface area contributed by atoms with E-state index in [9.17, 15) is 4.79 Å². The van der Waals surface area contributed by atoms with Gasteiger partial charge in [0.1, 0.15) is 6.04 Å². The lowest BCUT2D eigenvalue weighted by atomic mass is 10.0. The Labute approximate surface area is 157 Å². The summed E-state index contributed by atoms with van der Waals surface area (Å²) in [6.45, 7) is 8.08. The van der Waals surface area contributed by atoms with Crippen molar-refractivity contribution in [2.24, 2.45) is 5.73 Å². The average molecular weight is 377 g/mol. The van der Waals surface area contributed by atoms with E-state index in [4.69, 9.17) is 5.73 Å². The first-order chi connectivity index (χ1) is 10.4. The molecule has 1 amide bonds. The van der Waals surface area contributed by atoms with Crippen molar-refractivity contribution >= 4 is 30.7 Å². The smallest absolute Gasteiger partial charge is 0.242 e. The molecule has 0 aromatic heterocycles. The summed E-state index contributed by atoms with van der Waals surface area (Å²) >= 11 is 0. The van der Waals surface area contributed by atoms with Gasteiger partial charge in [0.2, 0.25) is 5.91 Å². The number of hydrogen-bond donors (Lipinski definition) is 2. The Balaban J connectivity index is 0.00000264. The zero-order valence-corrected chi connectivity index (χ0v) is 16.3. The van der Waals surface area contributed by atoms with Crippen LogP contribution < -0.4 is 11.1 Å². The fourth-order valence-electron chi connectivity index (χ4n) is 2.66. The molecule has 1 unspecified atom stereocenters. The third-order valence-corrected chi connectivity index (χ3v) is 3.98. The molecule has 1 heterocycles. The van der Waals surface area contributed by atoms with Crippen LogP contribution >= 0.6 is 24.8 Å². The number of piperazine rings is 1. The largest absolute Gasteiger partial charge is 0.353 e. The summed E-state index contributed by atoms with van der Waals surface area (Å²) in [5.41, 5.74) is 6.62. The van der Waals surface area contributed by atoms with Crippen LogP contribution in [0.1, 0.15) is 25.5 Å². The van der Waals surface area contributed by atoms with E-state index in [-0.39, 0.29) is 36.8 Å². The maximum atomic E-state index is 12.7. The molecule has 1 saturated heterocycles. The summed E-state index contributed by atoms with van der Waals surface area (Å²) < 4.78 is 0. The van der Waals surface area contributed by atoms with Gasteiger partial charge in [-0.1, -0.05) is 30.3 Å². The van der Waals surface area contributed by atoms with E-state index in [1.54, 1.807) is 0 Å². The molecule has 0 radical (unpaired) electrons. The van der Waals surface area contributed by atoms with E-state index in [0.717, 1.165) is 31.7 Å². The molecule has 1 aromatic carbocycles. The number of carbonyl (C=O) groups is 1. The predicted octanol–water partition coefficient (Wildman–Crippen LogP) is 1.67. The highest BCUT2D eigenvalue weighted by molar-refractivity contribution is 5.85. The summed E-state index contributed by atoms with van der Waals surface area (Å²) in [6, 6.07) is 9.76. The molecule has 1 atom stereocenters. The minimum atomic E-state index is -0.404. The molecule has 1 aliphatic rings. The highest BCUT2D eigenvalue weighted by Crippen LogP contribution is 2.22. The van der Waals surface area contributed by atoms with E-state index >= 15 is 0 Å². The van der Waals surface area contributed by atoms with E-state index in [1.165, 1.54) is 0 Å². The summed E-state index contributed by atoms with van der Waals surface area (Å²) in [7, 11) is 2.12. The second-order valence-corrected chi connectivity index (χ2v) is 6.86. The molecule has 0 bridgehead atoms. The lowest BCUT2D eigenvalue weighted by molar-refractivity contribution is -0.127. The molecule has 1 aromatic rings. The number of benzene rings is 1. The van der Waals surface area contributed by atoms with Gasteiger partial charge in [0.15, 0.2) is 0 Å². The zero-order chi connectivity index (χ0) is 16.2. The zero-order valence-electron chi connectivity index (χ0n) is 14.7. The molecular formula is C17H30Cl2N4O. The molecule has 1 fully saturated rings. The number of nitrogens with one attached hydrogen (secondary N) is 1. The van der Waals surface area contributed by atoms with Crippen molar-refractivity contribution in [2.75, 3.05) is 39.8 Å². The van der Waals surface area contributed by atoms with E-state index in [0.29, 0.717) is 6.54 Å². The van der Waals surface area contributed by atoms with Gasteiger partial charge in [-0.3, -0.25) is 9.69 Å². The lowest BCUT2D eigenvalue weighted by Crippen LogP contribution is -2.52. The highest BCUT2D eigenvalue weighted by atomic mass is 35.5. The summed E-state index contributed by atoms with van der Waals surface area (Å²) in [5.74, 6) is 0.0364. The van der Waals surface area contributed by atoms with Crippen LogP contribution in [-0.4, -0.2) is 61.0 Å². The van der Waals surface area contributed by atoms with Gasteiger partial charge in [-0.15, -0.1) is 24.8 Å². The van der Waals surface area contributed by atoms with Gasteiger partial charge < -0.3 is 16.0 Å². The molecular weight excluding hydrogens is 347 g/mol. The second-order valence-electron chi connectivity index (χ2n) is 6.86. The third kappa shape index (κ3) is 6.95. The Hall–Kier alpha value is -0.850. The molecule has 0 saturated carbocycles. The van der Waals surface area contributed by atoms with Gasteiger partial charge >= 0.3 is 0 Å². The molecule has 0 aliphatic carbocycles. The SMILES string of the molecule is CN1CCN(C(C(=O)NCC(C)(C)N)c2ccccc2)CC1.Cl.Cl. The molecule has 2 rings (SSSR count). The number of halogens is 2. The monoisotopic (exact) mass is 376 g/mol. The quantitative estimate of drug-likeness (QED) is 0.820. The Morgan fingerprint density at radius 3 is 2.21 bits per heavy atom. The van der Waals surface area contributed by atoms with Crippen LogP contribution in [0.3, 0.4) is 0 Å². The highest BCUT2D eigenvalue weighted by Gasteiger charge is 2.30. The molecule has 0 spiro atoms. The van der Waals surface area contributed by atoms with E-state index < -0.39 is 5.54 Å². The van der Waals surface area contributed by atoms with Gasteiger partial charge in [-0.25, -0.2) is 0 Å². The van der Waals surface area contributed by atoms with Gasteiger partial charge in [-0.05, 0) is 26.5 Å². The maximum absolute atomic E-state index is 12.7. The van der Waals surface area contributed by atoms with Crippen LogP contribution in [0.4, 0.5) is 0 Å². The topological polar surface area (TPSA) is 61.6 Å². The van der Waals surface area contributed by atoms with Gasteiger partial charge in [0, 0.05) is 38.3 Å². The van der Waals surface area contributed by atoms with Crippen LogP contribution in [-0.2, 0) is 4.79 Å². The summed E-state index contributed by atoms with van der Waals surface area (Å²) in [5, 5.41) is 3.01. The number of rotatable bonds is 5. The number of nitrogens with zero attached hydrogens (tertiary/aromatic N) is 2. The minimum absolute atomic E-state index is 0. The fraction of sp³-hybridized carbons (Fsp3) is 0.588. The first-order valence-electron chi connectivity index (χ1n) is 7.91. The van der Waals surface area contributed by atoms with Crippen LogP contribution in [0.15, 0.2) is 30.3 Å². The summed E-state index contributed by atoms with van der Waals surface area (Å²) in [6.07, 6.45) is 0. The molecule has 7 heteroatoms. The predicted molar refractivity (Wildman–Crippen MR) is 104 cm³/mol. The maximum Gasteiger partial charge on any atom is 0.242 e. The van der Waals surface area contributed by atoms with Crippen LogP contribution in [0.5, 0.6) is 0 Å². The second kappa shape index (κ2) is 10.2. The van der Waals surface area contributed by atoms with Crippen molar-refractivity contribution in [1.82, 2.24) is 15.1 Å². The minimum Gasteiger partial charge on any atom is -0.353 e. The van der Waals surface area contributed by atoms with Crippen LogP contribution in [0.2, 0.25) is 0 Å².